The fourth-order valence-corrected chi connectivity index (χ4v) is 5.41. The molecule has 0 heterocycles. The molecule has 0 bridgehead atoms. The molecule has 0 aliphatic carbocycles. The smallest absolute Gasteiger partial charge is 0.0636 e. The minimum Gasteiger partial charge on any atom is -0.393 e. The Balaban J connectivity index is -0.000000173. The molecular formula is C48H106O3. The van der Waals surface area contributed by atoms with Gasteiger partial charge in [0, 0.05) is 0 Å². The molecule has 0 aliphatic rings. The van der Waals surface area contributed by atoms with E-state index >= 15 is 0 Å². The zero-order chi connectivity index (χ0) is 43.3. The van der Waals surface area contributed by atoms with E-state index in [1.807, 2.05) is 0 Å². The zero-order valence-corrected chi connectivity index (χ0v) is 41.6. The molecule has 0 rings (SSSR count). The molecular weight excluding hydrogens is 625 g/mol. The first-order chi connectivity index (χ1) is 21.3. The fourth-order valence-electron chi connectivity index (χ4n) is 5.41. The van der Waals surface area contributed by atoms with E-state index in [0.29, 0.717) is 21.7 Å². The summed E-state index contributed by atoms with van der Waals surface area (Å²) in [5.41, 5.74) is 2.48. The molecule has 3 N–H and O–H groups in total. The molecule has 3 heteroatoms. The molecule has 0 fully saturated rings. The van der Waals surface area contributed by atoms with Gasteiger partial charge in [-0.2, -0.15) is 0 Å². The molecule has 0 aromatic rings. The maximum atomic E-state index is 9.72. The van der Waals surface area contributed by atoms with E-state index in [1.165, 1.54) is 19.3 Å². The molecule has 0 aromatic heterocycles. The molecule has 0 saturated heterocycles. The SMILES string of the molecule is CC(C)(C)C(O)C(C)(C)C.CC(C)(C)CC(C)(C)C.CC(C)(C)CCC(C)(C)C.CC(C)(C)C[C@@H](O)C(C)(C)C.CC(C)(C)C[C@H](O)C(C)(C)C. The monoisotopic (exact) mass is 731 g/mol. The standard InChI is InChI=1S/2C10H22O.C10H22.C9H20O.C9H20/c2*1-9(2,3)7-8(11)10(4,5)6;1-9(2,3)7-8-10(4,5)6;1-8(2,3)7(10)9(4,5)6;1-8(2,3)7-9(4,5)6/h2*8,11H,7H2,1-6H3;7-8H2,1-6H3;7,10H,1-6H3;7H2,1-6H3/t2*8-;;;/m10.../s1. The van der Waals surface area contributed by atoms with Gasteiger partial charge in [0.25, 0.3) is 0 Å². The lowest BCUT2D eigenvalue weighted by Gasteiger charge is -2.36. The molecule has 0 amide bonds. The van der Waals surface area contributed by atoms with Crippen LogP contribution in [0.3, 0.4) is 0 Å². The Morgan fingerprint density at radius 1 is 0.275 bits per heavy atom. The van der Waals surface area contributed by atoms with Crippen molar-refractivity contribution in [3.8, 4) is 0 Å². The van der Waals surface area contributed by atoms with Crippen LogP contribution in [0, 0.1) is 54.1 Å². The third-order valence-electron chi connectivity index (χ3n) is 7.94. The van der Waals surface area contributed by atoms with Crippen LogP contribution in [0.4, 0.5) is 0 Å². The highest BCUT2D eigenvalue weighted by Crippen LogP contribution is 2.34. The van der Waals surface area contributed by atoms with Crippen molar-refractivity contribution < 1.29 is 15.3 Å². The maximum absolute atomic E-state index is 9.72. The Labute approximate surface area is 326 Å². The van der Waals surface area contributed by atoms with Crippen LogP contribution in [0.5, 0.6) is 0 Å². The van der Waals surface area contributed by atoms with Gasteiger partial charge < -0.3 is 15.3 Å². The van der Waals surface area contributed by atoms with Gasteiger partial charge in [-0.1, -0.05) is 208 Å². The molecule has 3 nitrogen and oxygen atoms in total. The first-order valence-electron chi connectivity index (χ1n) is 20.4. The van der Waals surface area contributed by atoms with Gasteiger partial charge in [0.1, 0.15) is 0 Å². The molecule has 51 heavy (non-hydrogen) atoms. The third kappa shape index (κ3) is 52.0. The van der Waals surface area contributed by atoms with Crippen LogP contribution >= 0.6 is 0 Å². The van der Waals surface area contributed by atoms with Crippen molar-refractivity contribution in [2.24, 2.45) is 54.1 Å². The van der Waals surface area contributed by atoms with Crippen molar-refractivity contribution in [3.63, 3.8) is 0 Å². The number of hydrogen-bond acceptors (Lipinski definition) is 3. The van der Waals surface area contributed by atoms with Crippen molar-refractivity contribution >= 4 is 0 Å². The maximum Gasteiger partial charge on any atom is 0.0636 e. The Bertz CT molecular complexity index is 768. The van der Waals surface area contributed by atoms with Gasteiger partial charge in [-0.15, -0.1) is 0 Å². The lowest BCUT2D eigenvalue weighted by molar-refractivity contribution is -0.0229. The predicted octanol–water partition coefficient (Wildman–Crippen LogP) is 15.4. The van der Waals surface area contributed by atoms with E-state index in [4.69, 9.17) is 0 Å². The van der Waals surface area contributed by atoms with Crippen LogP contribution in [-0.2, 0) is 0 Å². The highest BCUT2D eigenvalue weighted by atomic mass is 16.3. The minimum absolute atomic E-state index is 0.00174. The number of aliphatic hydroxyl groups is 3. The average Bonchev–Trinajstić information content (AvgIpc) is 2.71. The molecule has 316 valence electrons. The van der Waals surface area contributed by atoms with E-state index in [1.54, 1.807) is 0 Å². The molecule has 2 atom stereocenters. The minimum atomic E-state index is -0.236. The van der Waals surface area contributed by atoms with E-state index in [9.17, 15) is 15.3 Å². The van der Waals surface area contributed by atoms with Crippen molar-refractivity contribution in [3.05, 3.63) is 0 Å². The summed E-state index contributed by atoms with van der Waals surface area (Å²) in [6.45, 7) is 65.3. The highest BCUT2D eigenvalue weighted by molar-refractivity contribution is 4.83. The van der Waals surface area contributed by atoms with Crippen LogP contribution in [0.25, 0.3) is 0 Å². The highest BCUT2D eigenvalue weighted by Gasteiger charge is 2.32. The Kier molecular flexibility index (Phi) is 25.7. The topological polar surface area (TPSA) is 60.7 Å². The van der Waals surface area contributed by atoms with Crippen molar-refractivity contribution in [2.75, 3.05) is 0 Å². The molecule has 0 saturated carbocycles. The van der Waals surface area contributed by atoms with Gasteiger partial charge >= 0.3 is 0 Å². The van der Waals surface area contributed by atoms with E-state index in [0.717, 1.165) is 12.8 Å². The first-order valence-corrected chi connectivity index (χ1v) is 20.4. The van der Waals surface area contributed by atoms with Crippen LogP contribution in [0.15, 0.2) is 0 Å². The van der Waals surface area contributed by atoms with Crippen LogP contribution < -0.4 is 0 Å². The second-order valence-corrected chi connectivity index (χ2v) is 27.3. The molecule has 0 unspecified atom stereocenters. The summed E-state index contributed by atoms with van der Waals surface area (Å²) in [5, 5.41) is 29.2. The van der Waals surface area contributed by atoms with Gasteiger partial charge in [-0.05, 0) is 86.3 Å². The molecule has 0 aliphatic heterocycles. The lowest BCUT2D eigenvalue weighted by atomic mass is 9.74. The molecule has 0 spiro atoms. The number of aliphatic hydroxyl groups excluding tert-OH is 3. The zero-order valence-electron chi connectivity index (χ0n) is 41.6. The van der Waals surface area contributed by atoms with Crippen LogP contribution in [0.2, 0.25) is 0 Å². The predicted molar refractivity (Wildman–Crippen MR) is 236 cm³/mol. The van der Waals surface area contributed by atoms with Gasteiger partial charge in [0.15, 0.2) is 0 Å². The van der Waals surface area contributed by atoms with Gasteiger partial charge in [-0.3, -0.25) is 0 Å². The summed E-state index contributed by atoms with van der Waals surface area (Å²) in [6.07, 6.45) is 5.07. The largest absolute Gasteiger partial charge is 0.393 e. The third-order valence-corrected chi connectivity index (χ3v) is 7.94. The first kappa shape index (κ1) is 60.1. The quantitative estimate of drug-likeness (QED) is 0.271. The summed E-state index contributed by atoms with van der Waals surface area (Å²) in [6, 6.07) is 0. The Hall–Kier alpha value is -0.120. The average molecular weight is 731 g/mol. The number of hydrogen-bond donors (Lipinski definition) is 3. The second kappa shape index (κ2) is 21.8. The van der Waals surface area contributed by atoms with Crippen LogP contribution in [0.1, 0.15) is 240 Å². The van der Waals surface area contributed by atoms with Crippen molar-refractivity contribution in [2.45, 2.75) is 258 Å². The summed E-state index contributed by atoms with van der Waals surface area (Å²) in [7, 11) is 0. The number of rotatable bonds is 3. The van der Waals surface area contributed by atoms with Gasteiger partial charge in [-0.25, -0.2) is 0 Å². The normalized spacial score (nSPS) is 15.2. The van der Waals surface area contributed by atoms with E-state index < -0.39 is 0 Å². The lowest BCUT2D eigenvalue weighted by Crippen LogP contribution is -2.37. The van der Waals surface area contributed by atoms with E-state index in [-0.39, 0.29) is 50.8 Å². The van der Waals surface area contributed by atoms with Gasteiger partial charge in [0.2, 0.25) is 0 Å². The Morgan fingerprint density at radius 2 is 0.471 bits per heavy atom. The summed E-state index contributed by atoms with van der Waals surface area (Å²) in [5.74, 6) is 0. The van der Waals surface area contributed by atoms with Gasteiger partial charge in [0.05, 0.1) is 18.3 Å². The second-order valence-electron chi connectivity index (χ2n) is 27.3. The summed E-state index contributed by atoms with van der Waals surface area (Å²) < 4.78 is 0. The Morgan fingerprint density at radius 3 is 0.510 bits per heavy atom. The summed E-state index contributed by atoms with van der Waals surface area (Å²) >= 11 is 0. The molecule has 0 aromatic carbocycles. The summed E-state index contributed by atoms with van der Waals surface area (Å²) in [4.78, 5) is 0. The fraction of sp³-hybridized carbons (Fsp3) is 1.00. The van der Waals surface area contributed by atoms with Crippen LogP contribution in [-0.4, -0.2) is 33.6 Å². The van der Waals surface area contributed by atoms with Crippen molar-refractivity contribution in [1.29, 1.82) is 0 Å². The van der Waals surface area contributed by atoms with E-state index in [2.05, 4.69) is 208 Å². The van der Waals surface area contributed by atoms with Crippen molar-refractivity contribution in [1.82, 2.24) is 0 Å². The molecule has 0 radical (unpaired) electrons.